The fraction of sp³-hybridized carbons (Fsp3) is 0.150. The summed E-state index contributed by atoms with van der Waals surface area (Å²) in [5, 5.41) is 9.37. The molecule has 0 aromatic heterocycles. The normalized spacial score (nSPS) is 18.0. The van der Waals surface area contributed by atoms with Crippen molar-refractivity contribution in [2.45, 2.75) is 13.8 Å². The van der Waals surface area contributed by atoms with Gasteiger partial charge >= 0.3 is 0 Å². The molecule has 2 heterocycles. The Morgan fingerprint density at radius 2 is 1.88 bits per heavy atom. The first-order valence-electron chi connectivity index (χ1n) is 8.17. The topological polar surface area (TPSA) is 40.3 Å². The van der Waals surface area contributed by atoms with Crippen molar-refractivity contribution in [2.75, 3.05) is 11.4 Å². The number of halogens is 1. The van der Waals surface area contributed by atoms with Crippen molar-refractivity contribution in [3.63, 3.8) is 0 Å². The zero-order valence-electron chi connectivity index (χ0n) is 14.1. The monoisotopic (exact) mass is 348 g/mol. The number of anilines is 1. The Labute approximate surface area is 151 Å². The lowest BCUT2D eigenvalue weighted by Gasteiger charge is -2.30. The minimum atomic E-state index is 0.463. The predicted molar refractivity (Wildman–Crippen MR) is 105 cm³/mol. The van der Waals surface area contributed by atoms with E-state index in [1.165, 1.54) is 0 Å². The molecule has 2 aromatic rings. The van der Waals surface area contributed by atoms with Crippen LogP contribution < -0.4 is 4.90 Å². The molecule has 0 saturated carbocycles. The zero-order chi connectivity index (χ0) is 17.4. The van der Waals surface area contributed by atoms with E-state index < -0.39 is 0 Å². The number of benzene rings is 2. The highest BCUT2D eigenvalue weighted by atomic mass is 35.5. The molecule has 0 unspecified atom stereocenters. The van der Waals surface area contributed by atoms with Gasteiger partial charge in [0.25, 0.3) is 0 Å². The second-order valence-electron chi connectivity index (χ2n) is 5.90. The molecule has 25 heavy (non-hydrogen) atoms. The molecule has 4 nitrogen and oxygen atoms in total. The maximum atomic E-state index is 6.31. The molecule has 2 aromatic carbocycles. The lowest BCUT2D eigenvalue weighted by atomic mass is 9.99. The van der Waals surface area contributed by atoms with Gasteiger partial charge in [-0.2, -0.15) is 5.10 Å². The summed E-state index contributed by atoms with van der Waals surface area (Å²) < 4.78 is 0. The third-order valence-electron chi connectivity index (χ3n) is 4.34. The van der Waals surface area contributed by atoms with E-state index >= 15 is 0 Å². The Kier molecular flexibility index (Phi) is 3.98. The summed E-state index contributed by atoms with van der Waals surface area (Å²) in [4.78, 5) is 6.98. The van der Waals surface area contributed by atoms with Gasteiger partial charge in [0.05, 0.1) is 22.8 Å². The number of fused-ring (bicyclic) bond motifs is 3. The van der Waals surface area contributed by atoms with Crippen molar-refractivity contribution in [3.05, 3.63) is 76.5 Å². The lowest BCUT2D eigenvalue weighted by Crippen LogP contribution is -2.36. The van der Waals surface area contributed by atoms with Gasteiger partial charge in [-0.05, 0) is 32.0 Å². The Bertz CT molecular complexity index is 955. The molecule has 124 valence electrons. The van der Waals surface area contributed by atoms with Crippen LogP contribution in [0.15, 0.2) is 75.5 Å². The summed E-state index contributed by atoms with van der Waals surface area (Å²) in [5.74, 6) is 0.813. The number of hydrogen-bond donors (Lipinski definition) is 0. The number of allylic oxidation sites excluding steroid dienone is 2. The number of nitrogens with zero attached hydrogens (tertiary/aromatic N) is 4. The highest BCUT2D eigenvalue weighted by Gasteiger charge is 2.29. The van der Waals surface area contributed by atoms with Gasteiger partial charge in [0.2, 0.25) is 0 Å². The van der Waals surface area contributed by atoms with E-state index in [1.807, 2.05) is 50.2 Å². The molecule has 0 N–H and O–H groups in total. The molecule has 0 spiro atoms. The molecule has 0 bridgehead atoms. The van der Waals surface area contributed by atoms with Crippen molar-refractivity contribution in [3.8, 4) is 0 Å². The summed E-state index contributed by atoms with van der Waals surface area (Å²) in [6.45, 7) is 4.44. The molecule has 4 rings (SSSR count). The van der Waals surface area contributed by atoms with Crippen LogP contribution in [0.3, 0.4) is 0 Å². The molecule has 2 aliphatic rings. The maximum absolute atomic E-state index is 6.31. The predicted octanol–water partition coefficient (Wildman–Crippen LogP) is 4.69. The van der Waals surface area contributed by atoms with Crippen LogP contribution in [0.1, 0.15) is 25.0 Å². The first-order valence-corrected chi connectivity index (χ1v) is 8.54. The first kappa shape index (κ1) is 15.8. The summed E-state index contributed by atoms with van der Waals surface area (Å²) in [7, 11) is 0. The van der Waals surface area contributed by atoms with Crippen LogP contribution in [0.4, 0.5) is 5.69 Å². The van der Waals surface area contributed by atoms with Gasteiger partial charge in [-0.1, -0.05) is 48.0 Å². The van der Waals surface area contributed by atoms with Gasteiger partial charge in [-0.3, -0.25) is 9.89 Å². The smallest absolute Gasteiger partial charge is 0.158 e. The fourth-order valence-corrected chi connectivity index (χ4v) is 3.38. The highest BCUT2D eigenvalue weighted by Crippen LogP contribution is 2.33. The minimum absolute atomic E-state index is 0.463. The van der Waals surface area contributed by atoms with Crippen molar-refractivity contribution in [2.24, 2.45) is 15.2 Å². The van der Waals surface area contributed by atoms with Crippen molar-refractivity contribution in [1.29, 1.82) is 0 Å². The quantitative estimate of drug-likeness (QED) is 0.737. The molecule has 5 heteroatoms. The molecular weight excluding hydrogens is 332 g/mol. The molecule has 2 aliphatic heterocycles. The van der Waals surface area contributed by atoms with Crippen molar-refractivity contribution in [1.82, 2.24) is 0 Å². The third-order valence-corrected chi connectivity index (χ3v) is 4.57. The van der Waals surface area contributed by atoms with E-state index in [9.17, 15) is 0 Å². The SMILES string of the molecule is C/C=C1\C(C)=NN=C2CN=C(c3ccccc3)c3cc(Cl)ccc3N21. The zero-order valence-corrected chi connectivity index (χ0v) is 14.8. The molecule has 0 atom stereocenters. The molecule has 0 fully saturated rings. The molecule has 0 radical (unpaired) electrons. The van der Waals surface area contributed by atoms with Gasteiger partial charge in [0, 0.05) is 16.1 Å². The molecule has 0 aliphatic carbocycles. The Hall–Kier alpha value is -2.72. The second-order valence-corrected chi connectivity index (χ2v) is 6.34. The summed E-state index contributed by atoms with van der Waals surface area (Å²) in [6.07, 6.45) is 2.05. The number of amidine groups is 1. The van der Waals surface area contributed by atoms with Gasteiger partial charge in [0.1, 0.15) is 6.54 Å². The largest absolute Gasteiger partial charge is 0.293 e. The summed E-state index contributed by atoms with van der Waals surface area (Å²) >= 11 is 6.31. The van der Waals surface area contributed by atoms with Crippen LogP contribution in [0.5, 0.6) is 0 Å². The van der Waals surface area contributed by atoms with Crippen molar-refractivity contribution < 1.29 is 0 Å². The van der Waals surface area contributed by atoms with Crippen molar-refractivity contribution >= 4 is 34.5 Å². The number of hydrogen-bond acceptors (Lipinski definition) is 4. The maximum Gasteiger partial charge on any atom is 0.158 e. The Balaban J connectivity index is 1.97. The molecule has 0 amide bonds. The van der Waals surface area contributed by atoms with Gasteiger partial charge in [0.15, 0.2) is 5.84 Å². The van der Waals surface area contributed by atoms with E-state index in [0.29, 0.717) is 11.6 Å². The van der Waals surface area contributed by atoms with Gasteiger partial charge < -0.3 is 0 Å². The van der Waals surface area contributed by atoms with E-state index in [0.717, 1.165) is 39.8 Å². The third kappa shape index (κ3) is 2.68. The standard InChI is InChI=1S/C20H17ClN4/c1-3-17-13(2)23-24-19-12-22-20(14-7-5-4-6-8-14)16-11-15(21)9-10-18(16)25(17)19/h3-11H,12H2,1-2H3/b17-3+. The summed E-state index contributed by atoms with van der Waals surface area (Å²) in [6, 6.07) is 16.1. The van der Waals surface area contributed by atoms with E-state index in [1.54, 1.807) is 0 Å². The average Bonchev–Trinajstić information content (AvgIpc) is 2.79. The van der Waals surface area contributed by atoms with E-state index in [2.05, 4.69) is 33.3 Å². The van der Waals surface area contributed by atoms with Crippen LogP contribution in [0.2, 0.25) is 5.02 Å². The number of aliphatic imine (C=N–C) groups is 1. The lowest BCUT2D eigenvalue weighted by molar-refractivity contribution is 1.08. The molecule has 0 saturated heterocycles. The Morgan fingerprint density at radius 3 is 2.64 bits per heavy atom. The fourth-order valence-electron chi connectivity index (χ4n) is 3.21. The minimum Gasteiger partial charge on any atom is -0.293 e. The van der Waals surface area contributed by atoms with Crippen LogP contribution in [-0.4, -0.2) is 23.8 Å². The summed E-state index contributed by atoms with van der Waals surface area (Å²) in [5.41, 5.74) is 5.91. The van der Waals surface area contributed by atoms with Crippen LogP contribution >= 0.6 is 11.6 Å². The average molecular weight is 349 g/mol. The Morgan fingerprint density at radius 1 is 1.08 bits per heavy atom. The van der Waals surface area contributed by atoms with E-state index in [4.69, 9.17) is 16.6 Å². The van der Waals surface area contributed by atoms with Gasteiger partial charge in [-0.15, -0.1) is 5.10 Å². The second kappa shape index (κ2) is 6.30. The van der Waals surface area contributed by atoms with Crippen LogP contribution in [0, 0.1) is 0 Å². The molecular formula is C20H17ClN4. The van der Waals surface area contributed by atoms with Crippen LogP contribution in [-0.2, 0) is 0 Å². The number of rotatable bonds is 1. The highest BCUT2D eigenvalue weighted by molar-refractivity contribution is 6.32. The van der Waals surface area contributed by atoms with Gasteiger partial charge in [-0.25, -0.2) is 0 Å². The first-order chi connectivity index (χ1) is 12.2. The van der Waals surface area contributed by atoms with E-state index in [-0.39, 0.29) is 0 Å². The van der Waals surface area contributed by atoms with Crippen LogP contribution in [0.25, 0.3) is 0 Å².